The van der Waals surface area contributed by atoms with Crippen molar-refractivity contribution in [1.82, 2.24) is 0 Å². The smallest absolute Gasteiger partial charge is 0.123 e. The van der Waals surface area contributed by atoms with Gasteiger partial charge >= 0.3 is 0 Å². The Morgan fingerprint density at radius 2 is 2.00 bits per heavy atom. The van der Waals surface area contributed by atoms with Crippen LogP contribution in [0.15, 0.2) is 0 Å². The van der Waals surface area contributed by atoms with Crippen molar-refractivity contribution in [1.29, 1.82) is 0 Å². The summed E-state index contributed by atoms with van der Waals surface area (Å²) in [7, 11) is 0. The van der Waals surface area contributed by atoms with Gasteiger partial charge < -0.3 is 4.79 Å². The van der Waals surface area contributed by atoms with Gasteiger partial charge in [-0.3, -0.25) is 0 Å². The Kier molecular flexibility index (Phi) is 2.26. The molecular weight excluding hydrogens is 112 g/mol. The van der Waals surface area contributed by atoms with Crippen molar-refractivity contribution in [2.45, 2.75) is 32.6 Å². The largest absolute Gasteiger partial charge is 0.303 e. The summed E-state index contributed by atoms with van der Waals surface area (Å²) in [6.07, 6.45) is 6.09. The van der Waals surface area contributed by atoms with E-state index in [4.69, 9.17) is 0 Å². The summed E-state index contributed by atoms with van der Waals surface area (Å²) in [5.41, 5.74) is 0. The molecule has 0 heterocycles. The summed E-state index contributed by atoms with van der Waals surface area (Å²) >= 11 is 0. The minimum atomic E-state index is 0.374. The molecule has 1 saturated carbocycles. The molecule has 0 saturated heterocycles. The number of hydrogen-bond donors (Lipinski definition) is 0. The maximum atomic E-state index is 10.4. The average molecular weight is 126 g/mol. The first kappa shape index (κ1) is 6.79. The molecule has 1 heteroatoms. The zero-order valence-electron chi connectivity index (χ0n) is 5.97. The molecule has 1 nitrogen and oxygen atoms in total. The maximum Gasteiger partial charge on any atom is 0.123 e. The highest BCUT2D eigenvalue weighted by molar-refractivity contribution is 5.54. The highest BCUT2D eigenvalue weighted by atomic mass is 16.1. The molecule has 0 aromatic heterocycles. The third-order valence-corrected chi connectivity index (χ3v) is 2.35. The molecule has 2 unspecified atom stereocenters. The first-order valence-corrected chi connectivity index (χ1v) is 3.80. The third-order valence-electron chi connectivity index (χ3n) is 2.35. The van der Waals surface area contributed by atoms with E-state index in [-0.39, 0.29) is 0 Å². The maximum absolute atomic E-state index is 10.4. The number of aldehydes is 1. The molecule has 0 aromatic rings. The molecular formula is C8H14O. The van der Waals surface area contributed by atoms with Crippen LogP contribution in [0.4, 0.5) is 0 Å². The van der Waals surface area contributed by atoms with E-state index >= 15 is 0 Å². The van der Waals surface area contributed by atoms with Gasteiger partial charge in [-0.15, -0.1) is 0 Å². The third kappa shape index (κ3) is 1.54. The SMILES string of the molecule is CC1CCCCC1C=O. The molecule has 0 aliphatic heterocycles. The molecule has 0 aromatic carbocycles. The van der Waals surface area contributed by atoms with Crippen LogP contribution in [0.1, 0.15) is 32.6 Å². The Labute approximate surface area is 56.4 Å². The molecule has 0 spiro atoms. The van der Waals surface area contributed by atoms with Crippen LogP contribution in [0.3, 0.4) is 0 Å². The highest BCUT2D eigenvalue weighted by Gasteiger charge is 2.19. The van der Waals surface area contributed by atoms with Crippen LogP contribution in [0.25, 0.3) is 0 Å². The molecule has 52 valence electrons. The Balaban J connectivity index is 2.38. The van der Waals surface area contributed by atoms with Gasteiger partial charge in [0.15, 0.2) is 0 Å². The normalized spacial score (nSPS) is 36.1. The fourth-order valence-electron chi connectivity index (χ4n) is 1.55. The number of carbonyl (C=O) groups excluding carboxylic acids is 1. The van der Waals surface area contributed by atoms with Gasteiger partial charge in [-0.2, -0.15) is 0 Å². The quantitative estimate of drug-likeness (QED) is 0.491. The van der Waals surface area contributed by atoms with Gasteiger partial charge in [0, 0.05) is 5.92 Å². The van der Waals surface area contributed by atoms with E-state index in [9.17, 15) is 4.79 Å². The minimum absolute atomic E-state index is 0.374. The zero-order valence-corrected chi connectivity index (χ0v) is 5.97. The molecule has 1 fully saturated rings. The summed E-state index contributed by atoms with van der Waals surface area (Å²) in [5, 5.41) is 0. The minimum Gasteiger partial charge on any atom is -0.303 e. The Morgan fingerprint density at radius 1 is 1.33 bits per heavy atom. The topological polar surface area (TPSA) is 17.1 Å². The van der Waals surface area contributed by atoms with Gasteiger partial charge in [0.2, 0.25) is 0 Å². The summed E-state index contributed by atoms with van der Waals surface area (Å²) in [6.45, 7) is 2.18. The van der Waals surface area contributed by atoms with Crippen molar-refractivity contribution in [3.05, 3.63) is 0 Å². The molecule has 9 heavy (non-hydrogen) atoms. The van der Waals surface area contributed by atoms with Crippen LogP contribution >= 0.6 is 0 Å². The molecule has 0 amide bonds. The molecule has 1 aliphatic carbocycles. The second kappa shape index (κ2) is 3.00. The van der Waals surface area contributed by atoms with Crippen LogP contribution in [-0.2, 0) is 4.79 Å². The van der Waals surface area contributed by atoms with Gasteiger partial charge in [0.05, 0.1) is 0 Å². The van der Waals surface area contributed by atoms with Gasteiger partial charge in [0.1, 0.15) is 6.29 Å². The van der Waals surface area contributed by atoms with E-state index in [1.54, 1.807) is 0 Å². The van der Waals surface area contributed by atoms with Gasteiger partial charge in [-0.05, 0) is 12.3 Å². The van der Waals surface area contributed by atoms with E-state index in [2.05, 4.69) is 6.92 Å². The Morgan fingerprint density at radius 3 is 2.44 bits per heavy atom. The van der Waals surface area contributed by atoms with Crippen LogP contribution < -0.4 is 0 Å². The lowest BCUT2D eigenvalue weighted by Gasteiger charge is -2.23. The van der Waals surface area contributed by atoms with Crippen molar-refractivity contribution in [3.8, 4) is 0 Å². The second-order valence-electron chi connectivity index (χ2n) is 3.06. The molecule has 0 N–H and O–H groups in total. The fourth-order valence-corrected chi connectivity index (χ4v) is 1.55. The van der Waals surface area contributed by atoms with E-state index in [1.165, 1.54) is 19.3 Å². The first-order valence-electron chi connectivity index (χ1n) is 3.80. The van der Waals surface area contributed by atoms with E-state index in [1.807, 2.05) is 0 Å². The van der Waals surface area contributed by atoms with Gasteiger partial charge in [-0.25, -0.2) is 0 Å². The lowest BCUT2D eigenvalue weighted by Crippen LogP contribution is -2.17. The Hall–Kier alpha value is -0.330. The highest BCUT2D eigenvalue weighted by Crippen LogP contribution is 2.27. The first-order chi connectivity index (χ1) is 4.34. The van der Waals surface area contributed by atoms with Gasteiger partial charge in [-0.1, -0.05) is 26.2 Å². The van der Waals surface area contributed by atoms with Crippen molar-refractivity contribution in [3.63, 3.8) is 0 Å². The van der Waals surface area contributed by atoms with E-state index < -0.39 is 0 Å². The van der Waals surface area contributed by atoms with Gasteiger partial charge in [0.25, 0.3) is 0 Å². The molecule has 0 bridgehead atoms. The molecule has 0 radical (unpaired) electrons. The summed E-state index contributed by atoms with van der Waals surface area (Å²) in [5.74, 6) is 1.02. The number of carbonyl (C=O) groups is 1. The van der Waals surface area contributed by atoms with Crippen LogP contribution in [0, 0.1) is 11.8 Å². The Bertz CT molecular complexity index is 98.7. The molecule has 1 rings (SSSR count). The zero-order chi connectivity index (χ0) is 6.69. The van der Waals surface area contributed by atoms with Crippen LogP contribution in [0.2, 0.25) is 0 Å². The van der Waals surface area contributed by atoms with Crippen LogP contribution in [0.5, 0.6) is 0 Å². The van der Waals surface area contributed by atoms with Crippen molar-refractivity contribution in [2.75, 3.05) is 0 Å². The average Bonchev–Trinajstić information content (AvgIpc) is 1.89. The monoisotopic (exact) mass is 126 g/mol. The van der Waals surface area contributed by atoms with E-state index in [0.29, 0.717) is 11.8 Å². The molecule has 1 aliphatic rings. The summed E-state index contributed by atoms with van der Waals surface area (Å²) in [4.78, 5) is 10.4. The lowest BCUT2D eigenvalue weighted by atomic mass is 9.81. The fraction of sp³-hybridized carbons (Fsp3) is 0.875. The standard InChI is InChI=1S/C8H14O/c1-7-4-2-3-5-8(7)6-9/h6-8H,2-5H2,1H3. The van der Waals surface area contributed by atoms with Crippen molar-refractivity contribution in [2.24, 2.45) is 11.8 Å². The number of rotatable bonds is 1. The number of hydrogen-bond acceptors (Lipinski definition) is 1. The second-order valence-corrected chi connectivity index (χ2v) is 3.06. The van der Waals surface area contributed by atoms with Crippen molar-refractivity contribution >= 4 is 6.29 Å². The predicted octanol–water partition coefficient (Wildman–Crippen LogP) is 2.01. The van der Waals surface area contributed by atoms with Crippen molar-refractivity contribution < 1.29 is 4.79 Å². The lowest BCUT2D eigenvalue weighted by molar-refractivity contribution is -0.113. The van der Waals surface area contributed by atoms with E-state index in [0.717, 1.165) is 12.7 Å². The summed E-state index contributed by atoms with van der Waals surface area (Å²) in [6, 6.07) is 0. The summed E-state index contributed by atoms with van der Waals surface area (Å²) < 4.78 is 0. The predicted molar refractivity (Wildman–Crippen MR) is 37.2 cm³/mol. The van der Waals surface area contributed by atoms with Crippen LogP contribution in [-0.4, -0.2) is 6.29 Å². The molecule has 2 atom stereocenters.